The van der Waals surface area contributed by atoms with Crippen molar-refractivity contribution in [2.24, 2.45) is 46.8 Å². The van der Waals surface area contributed by atoms with Crippen LogP contribution in [0.3, 0.4) is 0 Å². The fourth-order valence-corrected chi connectivity index (χ4v) is 11.5. The minimum absolute atomic E-state index is 0.748. The molecule has 6 aliphatic carbocycles. The molecule has 1 nitrogen and oxygen atoms in total. The van der Waals surface area contributed by atoms with E-state index in [1.807, 2.05) is 0 Å². The van der Waals surface area contributed by atoms with Crippen LogP contribution >= 0.6 is 0 Å². The molecule has 0 heterocycles. The van der Waals surface area contributed by atoms with Gasteiger partial charge in [-0.15, -0.1) is 0 Å². The Morgan fingerprint density at radius 3 is 1.70 bits per heavy atom. The Hall–Kier alpha value is -0.0400. The summed E-state index contributed by atoms with van der Waals surface area (Å²) in [5.74, 6) is 7.55. The minimum atomic E-state index is 0.748. The molecule has 0 radical (unpaired) electrons. The van der Waals surface area contributed by atoms with Crippen LogP contribution in [0, 0.1) is 46.8 Å². The molecule has 6 saturated carbocycles. The van der Waals surface area contributed by atoms with E-state index < -0.39 is 0 Å². The Morgan fingerprint density at radius 1 is 0.485 bits per heavy atom. The third kappa shape index (κ3) is 4.27. The van der Waals surface area contributed by atoms with Crippen LogP contribution in [-0.2, 0) is 0 Å². The van der Waals surface area contributed by atoms with Gasteiger partial charge in [0, 0.05) is 12.1 Å². The zero-order chi connectivity index (χ0) is 22.3. The molecule has 0 saturated heterocycles. The van der Waals surface area contributed by atoms with Gasteiger partial charge in [-0.05, 0) is 130 Å². The first-order valence-corrected chi connectivity index (χ1v) is 16.0. The summed E-state index contributed by atoms with van der Waals surface area (Å²) in [6.45, 7) is 2.48. The van der Waals surface area contributed by atoms with E-state index in [1.54, 1.807) is 89.9 Å². The Morgan fingerprint density at radius 2 is 1.03 bits per heavy atom. The molecule has 0 aromatic carbocycles. The van der Waals surface area contributed by atoms with Crippen LogP contribution in [-0.4, -0.2) is 12.1 Å². The van der Waals surface area contributed by atoms with Crippen LogP contribution in [0.5, 0.6) is 0 Å². The first kappa shape index (κ1) is 23.4. The number of nitrogens with one attached hydrogen (secondary N) is 1. The summed E-state index contributed by atoms with van der Waals surface area (Å²) in [6, 6.07) is 1.68. The maximum absolute atomic E-state index is 4.32. The fraction of sp³-hybridized carbons (Fsp3) is 1.00. The van der Waals surface area contributed by atoms with E-state index in [2.05, 4.69) is 12.2 Å². The van der Waals surface area contributed by atoms with Crippen LogP contribution in [0.15, 0.2) is 0 Å². The minimum Gasteiger partial charge on any atom is -0.311 e. The average molecular weight is 454 g/mol. The van der Waals surface area contributed by atoms with Gasteiger partial charge in [0.1, 0.15) is 0 Å². The predicted octanol–water partition coefficient (Wildman–Crippen LogP) is 8.91. The van der Waals surface area contributed by atoms with Gasteiger partial charge >= 0.3 is 0 Å². The fourth-order valence-electron chi connectivity index (χ4n) is 11.5. The van der Waals surface area contributed by atoms with E-state index in [4.69, 9.17) is 0 Å². The van der Waals surface area contributed by atoms with Gasteiger partial charge in [-0.1, -0.05) is 58.3 Å². The summed E-state index contributed by atoms with van der Waals surface area (Å²) in [5, 5.41) is 4.32. The van der Waals surface area contributed by atoms with Crippen molar-refractivity contribution in [2.75, 3.05) is 0 Å². The van der Waals surface area contributed by atoms with E-state index in [0.717, 1.165) is 58.9 Å². The molecule has 0 aliphatic heterocycles. The molecule has 0 amide bonds. The number of fused-ring (bicyclic) bond motifs is 3. The number of hydrogen-bond donors (Lipinski definition) is 1. The first-order valence-electron chi connectivity index (χ1n) is 16.0. The molecule has 0 aromatic heterocycles. The Kier molecular flexibility index (Phi) is 7.18. The van der Waals surface area contributed by atoms with Crippen LogP contribution in [0.4, 0.5) is 0 Å². The summed E-state index contributed by atoms with van der Waals surface area (Å²) in [5.41, 5.74) is 0.748. The molecule has 6 rings (SSSR count). The lowest BCUT2D eigenvalue weighted by atomic mass is 9.48. The van der Waals surface area contributed by atoms with Crippen molar-refractivity contribution >= 4 is 0 Å². The van der Waals surface area contributed by atoms with Crippen molar-refractivity contribution in [2.45, 2.75) is 154 Å². The van der Waals surface area contributed by atoms with E-state index in [-0.39, 0.29) is 0 Å². The molecule has 188 valence electrons. The standard InChI is InChI=1S/C32H55N/c1-23-16-18-26(19-17-23)33-27-20-21-29-28-14-8-9-15-30(28)32(31(29)22-27,24-10-4-2-5-11-24)25-12-6-3-7-13-25/h23-31,33H,2-22H2,1H3. The van der Waals surface area contributed by atoms with Gasteiger partial charge in [-0.2, -0.15) is 0 Å². The quantitative estimate of drug-likeness (QED) is 0.448. The zero-order valence-electron chi connectivity index (χ0n) is 22.0. The van der Waals surface area contributed by atoms with E-state index in [0.29, 0.717) is 0 Å². The highest BCUT2D eigenvalue weighted by Crippen LogP contribution is 2.71. The maximum atomic E-state index is 4.32. The second-order valence-corrected chi connectivity index (χ2v) is 14.1. The molecule has 6 aliphatic rings. The lowest BCUT2D eigenvalue weighted by molar-refractivity contribution is -0.0769. The van der Waals surface area contributed by atoms with Gasteiger partial charge in [0.15, 0.2) is 0 Å². The van der Waals surface area contributed by atoms with Crippen molar-refractivity contribution in [1.29, 1.82) is 0 Å². The predicted molar refractivity (Wildman–Crippen MR) is 140 cm³/mol. The molecular weight excluding hydrogens is 398 g/mol. The van der Waals surface area contributed by atoms with Gasteiger partial charge in [-0.25, -0.2) is 0 Å². The second-order valence-electron chi connectivity index (χ2n) is 14.1. The van der Waals surface area contributed by atoms with Gasteiger partial charge < -0.3 is 5.32 Å². The molecule has 33 heavy (non-hydrogen) atoms. The van der Waals surface area contributed by atoms with Crippen molar-refractivity contribution in [3.63, 3.8) is 0 Å². The summed E-state index contributed by atoms with van der Waals surface area (Å²) < 4.78 is 0. The smallest absolute Gasteiger partial charge is 0.00727 e. The third-order valence-corrected chi connectivity index (χ3v) is 12.7. The highest BCUT2D eigenvalue weighted by molar-refractivity contribution is 5.14. The number of rotatable bonds is 4. The summed E-state index contributed by atoms with van der Waals surface area (Å²) in [7, 11) is 0. The molecule has 0 bridgehead atoms. The number of hydrogen-bond acceptors (Lipinski definition) is 1. The molecule has 0 spiro atoms. The van der Waals surface area contributed by atoms with Gasteiger partial charge in [0.2, 0.25) is 0 Å². The van der Waals surface area contributed by atoms with Crippen LogP contribution < -0.4 is 5.32 Å². The topological polar surface area (TPSA) is 12.0 Å². The molecule has 0 aromatic rings. The Labute approximate surface area is 206 Å². The zero-order valence-corrected chi connectivity index (χ0v) is 22.0. The average Bonchev–Trinajstić information content (AvgIpc) is 3.17. The summed E-state index contributed by atoms with van der Waals surface area (Å²) >= 11 is 0. The van der Waals surface area contributed by atoms with Crippen LogP contribution in [0.25, 0.3) is 0 Å². The van der Waals surface area contributed by atoms with E-state index in [9.17, 15) is 0 Å². The largest absolute Gasteiger partial charge is 0.311 e. The Bertz CT molecular complexity index is 602. The highest BCUT2D eigenvalue weighted by Gasteiger charge is 2.65. The van der Waals surface area contributed by atoms with Crippen molar-refractivity contribution in [3.8, 4) is 0 Å². The van der Waals surface area contributed by atoms with E-state index in [1.165, 1.54) is 44.9 Å². The first-order chi connectivity index (χ1) is 16.3. The van der Waals surface area contributed by atoms with Gasteiger partial charge in [0.05, 0.1) is 0 Å². The normalized spacial score (nSPS) is 44.8. The molecular formula is C32H55N. The van der Waals surface area contributed by atoms with Crippen molar-refractivity contribution in [3.05, 3.63) is 0 Å². The van der Waals surface area contributed by atoms with Gasteiger partial charge in [0.25, 0.3) is 0 Å². The summed E-state index contributed by atoms with van der Waals surface area (Å²) in [4.78, 5) is 0. The highest BCUT2D eigenvalue weighted by atomic mass is 15.0. The second kappa shape index (κ2) is 10.1. The maximum Gasteiger partial charge on any atom is 0.00727 e. The van der Waals surface area contributed by atoms with Crippen molar-refractivity contribution < 1.29 is 0 Å². The lowest BCUT2D eigenvalue weighted by Crippen LogP contribution is -2.52. The molecule has 1 N–H and O–H groups in total. The SMILES string of the molecule is CC1CCC(NC2CCC3C4CCCCC4C(C4CCCCC4)(C4CCCCC4)C3C2)CC1. The lowest BCUT2D eigenvalue weighted by Gasteiger charge is -2.56. The van der Waals surface area contributed by atoms with Crippen LogP contribution in [0.2, 0.25) is 0 Å². The monoisotopic (exact) mass is 453 g/mol. The third-order valence-electron chi connectivity index (χ3n) is 12.7. The Balaban J connectivity index is 1.30. The van der Waals surface area contributed by atoms with E-state index >= 15 is 0 Å². The molecule has 1 heteroatoms. The van der Waals surface area contributed by atoms with Crippen molar-refractivity contribution in [1.82, 2.24) is 5.32 Å². The molecule has 6 fully saturated rings. The van der Waals surface area contributed by atoms with Crippen LogP contribution in [0.1, 0.15) is 142 Å². The summed E-state index contributed by atoms with van der Waals surface area (Å²) in [6.07, 6.45) is 32.5. The van der Waals surface area contributed by atoms with Gasteiger partial charge in [-0.3, -0.25) is 0 Å². The molecule has 5 unspecified atom stereocenters. The molecule has 5 atom stereocenters.